The maximum absolute atomic E-state index is 12.4. The van der Waals surface area contributed by atoms with Crippen LogP contribution in [0.25, 0.3) is 0 Å². The summed E-state index contributed by atoms with van der Waals surface area (Å²) in [6.45, 7) is 5.77. The van der Waals surface area contributed by atoms with Crippen molar-refractivity contribution in [1.29, 1.82) is 0 Å². The van der Waals surface area contributed by atoms with Crippen molar-refractivity contribution in [3.8, 4) is 0 Å². The fraction of sp³-hybridized carbons (Fsp3) is 0.857. The fourth-order valence-electron chi connectivity index (χ4n) is 2.49. The summed E-state index contributed by atoms with van der Waals surface area (Å²) in [6.07, 6.45) is 2.01. The van der Waals surface area contributed by atoms with Crippen LogP contribution in [0.15, 0.2) is 0 Å². The maximum Gasteiger partial charge on any atom is 0.314 e. The second-order valence-corrected chi connectivity index (χ2v) is 6.33. The zero-order chi connectivity index (χ0) is 14.7. The zero-order valence-electron chi connectivity index (χ0n) is 12.2. The minimum absolute atomic E-state index is 0.273. The molecule has 0 amide bonds. The molecule has 5 nitrogen and oxygen atoms in total. The van der Waals surface area contributed by atoms with E-state index in [0.717, 1.165) is 0 Å². The molecule has 1 aliphatic carbocycles. The van der Waals surface area contributed by atoms with Gasteiger partial charge in [-0.25, -0.2) is 0 Å². The van der Waals surface area contributed by atoms with Crippen molar-refractivity contribution >= 4 is 11.9 Å². The van der Waals surface area contributed by atoms with Crippen LogP contribution in [0, 0.1) is 11.3 Å². The number of carbonyl (C=O) groups excluding carboxylic acids is 1. The Labute approximate surface area is 114 Å². The number of hydrogen-bond acceptors (Lipinski definition) is 4. The summed E-state index contributed by atoms with van der Waals surface area (Å²) in [6, 6.07) is 0. The number of rotatable bonds is 4. The van der Waals surface area contributed by atoms with Gasteiger partial charge < -0.3 is 14.6 Å². The van der Waals surface area contributed by atoms with Gasteiger partial charge in [0.2, 0.25) is 0 Å². The molecule has 19 heavy (non-hydrogen) atoms. The van der Waals surface area contributed by atoms with E-state index in [2.05, 4.69) is 0 Å². The third-order valence-electron chi connectivity index (χ3n) is 3.54. The van der Waals surface area contributed by atoms with Crippen molar-refractivity contribution in [1.82, 2.24) is 0 Å². The van der Waals surface area contributed by atoms with Crippen LogP contribution in [0.2, 0.25) is 0 Å². The van der Waals surface area contributed by atoms with Crippen molar-refractivity contribution in [2.45, 2.75) is 52.1 Å². The van der Waals surface area contributed by atoms with Gasteiger partial charge in [-0.1, -0.05) is 0 Å². The highest BCUT2D eigenvalue weighted by molar-refractivity contribution is 5.78. The number of methoxy groups -OCH3 is 1. The Kier molecular flexibility index (Phi) is 4.96. The maximum atomic E-state index is 12.4. The molecular weight excluding hydrogens is 248 g/mol. The molecule has 0 aromatic heterocycles. The van der Waals surface area contributed by atoms with Crippen LogP contribution in [0.4, 0.5) is 0 Å². The van der Waals surface area contributed by atoms with Gasteiger partial charge in [0.25, 0.3) is 0 Å². The van der Waals surface area contributed by atoms with E-state index in [9.17, 15) is 9.59 Å². The predicted molar refractivity (Wildman–Crippen MR) is 69.7 cm³/mol. The Hall–Kier alpha value is -1.10. The normalized spacial score (nSPS) is 27.9. The van der Waals surface area contributed by atoms with Crippen molar-refractivity contribution in [3.63, 3.8) is 0 Å². The van der Waals surface area contributed by atoms with Crippen LogP contribution in [-0.4, -0.2) is 36.4 Å². The Morgan fingerprint density at radius 3 is 2.16 bits per heavy atom. The molecule has 0 bridgehead atoms. The van der Waals surface area contributed by atoms with Gasteiger partial charge in [-0.15, -0.1) is 0 Å². The Morgan fingerprint density at radius 2 is 1.79 bits per heavy atom. The van der Waals surface area contributed by atoms with Gasteiger partial charge in [-0.05, 0) is 46.5 Å². The Balaban J connectivity index is 2.77. The van der Waals surface area contributed by atoms with Gasteiger partial charge in [0.15, 0.2) is 0 Å². The van der Waals surface area contributed by atoms with Gasteiger partial charge in [0.1, 0.15) is 5.60 Å². The molecule has 1 aliphatic rings. The number of carboxylic acid groups (broad SMARTS) is 1. The van der Waals surface area contributed by atoms with Gasteiger partial charge in [-0.2, -0.15) is 0 Å². The van der Waals surface area contributed by atoms with E-state index in [0.29, 0.717) is 25.7 Å². The molecule has 0 aromatic carbocycles. The van der Waals surface area contributed by atoms with E-state index in [4.69, 9.17) is 14.6 Å². The van der Waals surface area contributed by atoms with Gasteiger partial charge in [0.05, 0.1) is 17.9 Å². The van der Waals surface area contributed by atoms with Crippen LogP contribution < -0.4 is 0 Å². The first-order chi connectivity index (χ1) is 8.70. The van der Waals surface area contributed by atoms with Crippen LogP contribution in [0.5, 0.6) is 0 Å². The highest BCUT2D eigenvalue weighted by atomic mass is 16.6. The molecular formula is C14H24O5. The summed E-state index contributed by atoms with van der Waals surface area (Å²) >= 11 is 0. The zero-order valence-corrected chi connectivity index (χ0v) is 12.2. The van der Waals surface area contributed by atoms with E-state index < -0.39 is 17.0 Å². The summed E-state index contributed by atoms with van der Waals surface area (Å²) in [7, 11) is 1.55. The average molecular weight is 272 g/mol. The molecule has 0 atom stereocenters. The largest absolute Gasteiger partial charge is 0.481 e. The topological polar surface area (TPSA) is 72.8 Å². The smallest absolute Gasteiger partial charge is 0.314 e. The third-order valence-corrected chi connectivity index (χ3v) is 3.54. The average Bonchev–Trinajstić information content (AvgIpc) is 2.27. The van der Waals surface area contributed by atoms with Gasteiger partial charge in [-0.3, -0.25) is 9.59 Å². The number of aliphatic carboxylic acids is 1. The highest BCUT2D eigenvalue weighted by Crippen LogP contribution is 2.41. The number of hydrogen-bond donors (Lipinski definition) is 1. The highest BCUT2D eigenvalue weighted by Gasteiger charge is 2.45. The molecule has 0 radical (unpaired) electrons. The molecule has 0 unspecified atom stereocenters. The number of carboxylic acids is 1. The second-order valence-electron chi connectivity index (χ2n) is 6.33. The standard InChI is InChI=1S/C14H24O5/c1-13(2,3)19-12(17)14(9-18-4)7-5-10(6-8-14)11(15)16/h10H,5-9H2,1-4H3,(H,15,16). The van der Waals surface area contributed by atoms with Gasteiger partial charge in [0, 0.05) is 7.11 Å². The molecule has 1 rings (SSSR count). The van der Waals surface area contributed by atoms with E-state index in [1.54, 1.807) is 7.11 Å². The Bertz CT molecular complexity index is 334. The molecule has 1 fully saturated rings. The van der Waals surface area contributed by atoms with Crippen molar-refractivity contribution in [2.75, 3.05) is 13.7 Å². The third kappa shape index (κ3) is 4.20. The summed E-state index contributed by atoms with van der Waals surface area (Å²) in [5, 5.41) is 9.02. The molecule has 5 heteroatoms. The van der Waals surface area contributed by atoms with E-state index in [1.165, 1.54) is 0 Å². The molecule has 0 heterocycles. The first-order valence-corrected chi connectivity index (χ1v) is 6.65. The lowest BCUT2D eigenvalue weighted by atomic mass is 9.70. The lowest BCUT2D eigenvalue weighted by molar-refractivity contribution is -0.175. The molecule has 0 saturated heterocycles. The first-order valence-electron chi connectivity index (χ1n) is 6.65. The van der Waals surface area contributed by atoms with Crippen molar-refractivity contribution in [3.05, 3.63) is 0 Å². The minimum atomic E-state index is -0.782. The predicted octanol–water partition coefficient (Wildman–Crippen LogP) is 2.24. The molecule has 0 aliphatic heterocycles. The lowest BCUT2D eigenvalue weighted by Gasteiger charge is -2.38. The molecule has 0 spiro atoms. The molecule has 0 aromatic rings. The first kappa shape index (κ1) is 16.0. The van der Waals surface area contributed by atoms with Crippen LogP contribution in [-0.2, 0) is 19.1 Å². The Morgan fingerprint density at radius 1 is 1.26 bits per heavy atom. The SMILES string of the molecule is COCC1(C(=O)OC(C)(C)C)CCC(C(=O)O)CC1. The van der Waals surface area contributed by atoms with Crippen molar-refractivity contribution in [2.24, 2.45) is 11.3 Å². The number of carbonyl (C=O) groups is 2. The number of ether oxygens (including phenoxy) is 2. The second kappa shape index (κ2) is 5.90. The summed E-state index contributed by atoms with van der Waals surface area (Å²) < 4.78 is 10.6. The number of esters is 1. The van der Waals surface area contributed by atoms with Crippen molar-refractivity contribution < 1.29 is 24.2 Å². The monoisotopic (exact) mass is 272 g/mol. The van der Waals surface area contributed by atoms with E-state index in [-0.39, 0.29) is 18.5 Å². The van der Waals surface area contributed by atoms with Crippen LogP contribution in [0.1, 0.15) is 46.5 Å². The summed E-state index contributed by atoms with van der Waals surface area (Å²) in [5.74, 6) is -1.41. The fourth-order valence-corrected chi connectivity index (χ4v) is 2.49. The molecule has 110 valence electrons. The molecule has 1 N–H and O–H groups in total. The van der Waals surface area contributed by atoms with Gasteiger partial charge >= 0.3 is 11.9 Å². The summed E-state index contributed by atoms with van der Waals surface area (Å²) in [4.78, 5) is 23.3. The lowest BCUT2D eigenvalue weighted by Crippen LogP contribution is -2.44. The van der Waals surface area contributed by atoms with E-state index >= 15 is 0 Å². The van der Waals surface area contributed by atoms with E-state index in [1.807, 2.05) is 20.8 Å². The summed E-state index contributed by atoms with van der Waals surface area (Å²) in [5.41, 5.74) is -1.23. The van der Waals surface area contributed by atoms with Crippen LogP contribution in [0.3, 0.4) is 0 Å². The molecule has 1 saturated carbocycles. The quantitative estimate of drug-likeness (QED) is 0.794. The minimum Gasteiger partial charge on any atom is -0.481 e. The van der Waals surface area contributed by atoms with Crippen LogP contribution >= 0.6 is 0 Å².